The van der Waals surface area contributed by atoms with Gasteiger partial charge in [-0.05, 0) is 24.6 Å². The summed E-state index contributed by atoms with van der Waals surface area (Å²) in [6.45, 7) is 1.83. The second-order valence-corrected chi connectivity index (χ2v) is 6.80. The molecule has 0 bridgehead atoms. The van der Waals surface area contributed by atoms with E-state index in [4.69, 9.17) is 0 Å². The van der Waals surface area contributed by atoms with Gasteiger partial charge in [0.25, 0.3) is 0 Å². The van der Waals surface area contributed by atoms with Crippen molar-refractivity contribution in [1.82, 2.24) is 15.0 Å². The molecular weight excluding hydrogens is 300 g/mol. The lowest BCUT2D eigenvalue weighted by Gasteiger charge is -2.08. The number of aromatic nitrogens is 3. The van der Waals surface area contributed by atoms with E-state index in [1.807, 2.05) is 31.3 Å². The molecular formula is C15H16N4O2S. The summed E-state index contributed by atoms with van der Waals surface area (Å²) in [5, 5.41) is 0.932. The van der Waals surface area contributed by atoms with Gasteiger partial charge >= 0.3 is 0 Å². The van der Waals surface area contributed by atoms with Crippen molar-refractivity contribution < 1.29 is 8.42 Å². The second-order valence-electron chi connectivity index (χ2n) is 4.96. The molecule has 1 aromatic carbocycles. The number of nitrogens with zero attached hydrogens (tertiary/aromatic N) is 2. The smallest absolute Gasteiger partial charge is 0.232 e. The highest BCUT2D eigenvalue weighted by Crippen LogP contribution is 2.26. The molecule has 7 heteroatoms. The van der Waals surface area contributed by atoms with Gasteiger partial charge in [-0.1, -0.05) is 19.1 Å². The first-order chi connectivity index (χ1) is 10.6. The summed E-state index contributed by atoms with van der Waals surface area (Å²) in [5.41, 5.74) is 3.05. The molecule has 0 aliphatic carbocycles. The first-order valence-electron chi connectivity index (χ1n) is 6.98. The predicted octanol–water partition coefficient (Wildman–Crippen LogP) is 2.78. The quantitative estimate of drug-likeness (QED) is 0.757. The van der Waals surface area contributed by atoms with E-state index in [-0.39, 0.29) is 5.75 Å². The summed E-state index contributed by atoms with van der Waals surface area (Å²) < 4.78 is 26.1. The number of fused-ring (bicyclic) bond motifs is 1. The zero-order valence-electron chi connectivity index (χ0n) is 12.1. The van der Waals surface area contributed by atoms with Gasteiger partial charge in [-0.3, -0.25) is 4.72 Å². The van der Waals surface area contributed by atoms with Crippen molar-refractivity contribution >= 4 is 26.7 Å². The first-order valence-corrected chi connectivity index (χ1v) is 8.63. The second kappa shape index (κ2) is 5.76. The molecule has 0 aliphatic rings. The zero-order valence-corrected chi connectivity index (χ0v) is 12.9. The number of H-pyrrole nitrogens is 1. The third-order valence-electron chi connectivity index (χ3n) is 3.26. The molecule has 2 N–H and O–H groups in total. The average molecular weight is 316 g/mol. The van der Waals surface area contributed by atoms with Crippen molar-refractivity contribution in [2.24, 2.45) is 0 Å². The highest BCUT2D eigenvalue weighted by molar-refractivity contribution is 7.92. The lowest BCUT2D eigenvalue weighted by atomic mass is 10.1. The Morgan fingerprint density at radius 2 is 1.91 bits per heavy atom. The molecule has 114 valence electrons. The normalized spacial score (nSPS) is 11.7. The molecule has 0 amide bonds. The van der Waals surface area contributed by atoms with Gasteiger partial charge in [-0.2, -0.15) is 0 Å². The summed E-state index contributed by atoms with van der Waals surface area (Å²) in [6, 6.07) is 9.09. The van der Waals surface area contributed by atoms with Crippen LogP contribution in [0.1, 0.15) is 13.3 Å². The summed E-state index contributed by atoms with van der Waals surface area (Å²) in [6.07, 6.45) is 3.90. The van der Waals surface area contributed by atoms with Crippen LogP contribution in [0, 0.1) is 0 Å². The van der Waals surface area contributed by atoms with E-state index in [0.717, 1.165) is 22.3 Å². The van der Waals surface area contributed by atoms with Crippen LogP contribution < -0.4 is 4.72 Å². The SMILES string of the molecule is CCCS(=O)(=O)Nc1ccc(-c2ncnc3[nH]ccc23)cc1. The van der Waals surface area contributed by atoms with Crippen LogP contribution in [-0.2, 0) is 10.0 Å². The standard InChI is InChI=1S/C15H16N4O2S/c1-2-9-22(20,21)19-12-5-3-11(4-6-12)14-13-7-8-16-15(13)18-10-17-14/h3-8,10,19H,2,9H2,1H3,(H,16,17,18). The van der Waals surface area contributed by atoms with Crippen molar-refractivity contribution in [3.05, 3.63) is 42.9 Å². The predicted molar refractivity (Wildman–Crippen MR) is 87.0 cm³/mol. The van der Waals surface area contributed by atoms with Gasteiger partial charge in [0.1, 0.15) is 12.0 Å². The largest absolute Gasteiger partial charge is 0.346 e. The Morgan fingerprint density at radius 3 is 2.64 bits per heavy atom. The maximum atomic E-state index is 11.8. The molecule has 0 saturated heterocycles. The van der Waals surface area contributed by atoms with Gasteiger partial charge < -0.3 is 4.98 Å². The number of rotatable bonds is 5. The molecule has 6 nitrogen and oxygen atoms in total. The van der Waals surface area contributed by atoms with Crippen LogP contribution in [0.4, 0.5) is 5.69 Å². The average Bonchev–Trinajstić information content (AvgIpc) is 2.96. The van der Waals surface area contributed by atoms with E-state index in [1.54, 1.807) is 12.1 Å². The number of aromatic amines is 1. The van der Waals surface area contributed by atoms with Crippen molar-refractivity contribution in [2.45, 2.75) is 13.3 Å². The van der Waals surface area contributed by atoms with Crippen LogP contribution in [-0.4, -0.2) is 29.1 Å². The van der Waals surface area contributed by atoms with Gasteiger partial charge in [0, 0.05) is 22.8 Å². The Kier molecular flexibility index (Phi) is 3.81. The summed E-state index contributed by atoms with van der Waals surface area (Å²) in [5.74, 6) is 0.116. The van der Waals surface area contributed by atoms with E-state index in [9.17, 15) is 8.42 Å². The highest BCUT2D eigenvalue weighted by Gasteiger charge is 2.10. The Labute approximate surface area is 128 Å². The molecule has 22 heavy (non-hydrogen) atoms. The highest BCUT2D eigenvalue weighted by atomic mass is 32.2. The minimum absolute atomic E-state index is 0.116. The summed E-state index contributed by atoms with van der Waals surface area (Å²) in [7, 11) is -3.27. The fourth-order valence-corrected chi connectivity index (χ4v) is 3.43. The van der Waals surface area contributed by atoms with Crippen molar-refractivity contribution in [3.63, 3.8) is 0 Å². The Balaban J connectivity index is 1.90. The number of nitrogens with one attached hydrogen (secondary N) is 2. The molecule has 0 aliphatic heterocycles. The molecule has 0 saturated carbocycles. The van der Waals surface area contributed by atoms with Crippen LogP contribution in [0.2, 0.25) is 0 Å². The van der Waals surface area contributed by atoms with Gasteiger partial charge in [0.2, 0.25) is 10.0 Å². The first kappa shape index (κ1) is 14.5. The maximum Gasteiger partial charge on any atom is 0.232 e. The molecule has 0 radical (unpaired) electrons. The molecule has 3 rings (SSSR count). The Bertz CT molecular complexity index is 885. The Morgan fingerprint density at radius 1 is 1.14 bits per heavy atom. The molecule has 2 aromatic heterocycles. The molecule has 0 unspecified atom stereocenters. The van der Waals surface area contributed by atoms with Crippen LogP contribution in [0.15, 0.2) is 42.9 Å². The molecule has 0 spiro atoms. The van der Waals surface area contributed by atoms with Crippen molar-refractivity contribution in [2.75, 3.05) is 10.5 Å². The lowest BCUT2D eigenvalue weighted by molar-refractivity contribution is 0.600. The van der Waals surface area contributed by atoms with Crippen LogP contribution in [0.5, 0.6) is 0 Å². The van der Waals surface area contributed by atoms with Gasteiger partial charge in [0.15, 0.2) is 0 Å². The van der Waals surface area contributed by atoms with Gasteiger partial charge in [0.05, 0.1) is 11.4 Å². The van der Waals surface area contributed by atoms with E-state index in [2.05, 4.69) is 19.7 Å². The molecule has 3 aromatic rings. The van der Waals surface area contributed by atoms with E-state index >= 15 is 0 Å². The third-order valence-corrected chi connectivity index (χ3v) is 4.75. The fraction of sp³-hybridized carbons (Fsp3) is 0.200. The maximum absolute atomic E-state index is 11.8. The van der Waals surface area contributed by atoms with Crippen molar-refractivity contribution in [1.29, 1.82) is 0 Å². The van der Waals surface area contributed by atoms with Gasteiger partial charge in [-0.15, -0.1) is 0 Å². The lowest BCUT2D eigenvalue weighted by Crippen LogP contribution is -2.15. The van der Waals surface area contributed by atoms with Crippen LogP contribution in [0.25, 0.3) is 22.3 Å². The van der Waals surface area contributed by atoms with Crippen LogP contribution in [0.3, 0.4) is 0 Å². The molecule has 0 fully saturated rings. The molecule has 0 atom stereocenters. The monoisotopic (exact) mass is 316 g/mol. The summed E-state index contributed by atoms with van der Waals surface area (Å²) >= 11 is 0. The third kappa shape index (κ3) is 2.94. The minimum atomic E-state index is -3.27. The number of hydrogen-bond acceptors (Lipinski definition) is 4. The number of sulfonamides is 1. The fourth-order valence-electron chi connectivity index (χ4n) is 2.30. The van der Waals surface area contributed by atoms with Crippen LogP contribution >= 0.6 is 0 Å². The van der Waals surface area contributed by atoms with E-state index in [0.29, 0.717) is 12.1 Å². The number of hydrogen-bond donors (Lipinski definition) is 2. The van der Waals surface area contributed by atoms with E-state index in [1.165, 1.54) is 6.33 Å². The zero-order chi connectivity index (χ0) is 15.6. The van der Waals surface area contributed by atoms with E-state index < -0.39 is 10.0 Å². The van der Waals surface area contributed by atoms with Gasteiger partial charge in [-0.25, -0.2) is 18.4 Å². The minimum Gasteiger partial charge on any atom is -0.346 e. The molecule has 2 heterocycles. The Hall–Kier alpha value is -2.41. The topological polar surface area (TPSA) is 87.7 Å². The van der Waals surface area contributed by atoms with Crippen molar-refractivity contribution in [3.8, 4) is 11.3 Å². The number of anilines is 1. The number of benzene rings is 1. The summed E-state index contributed by atoms with van der Waals surface area (Å²) in [4.78, 5) is 11.5.